The number of aromatic nitrogens is 4. The number of benzene rings is 2. The largest absolute Gasteiger partial charge is 0.337 e. The maximum atomic E-state index is 13.0. The van der Waals surface area contributed by atoms with E-state index in [0.29, 0.717) is 34.7 Å². The van der Waals surface area contributed by atoms with Crippen molar-refractivity contribution in [1.29, 1.82) is 0 Å². The Morgan fingerprint density at radius 2 is 1.93 bits per heavy atom. The van der Waals surface area contributed by atoms with Crippen LogP contribution in [0.25, 0.3) is 22.3 Å². The molecule has 0 aliphatic heterocycles. The molecule has 0 radical (unpaired) electrons. The van der Waals surface area contributed by atoms with E-state index >= 15 is 0 Å². The van der Waals surface area contributed by atoms with Gasteiger partial charge in [0.1, 0.15) is 6.54 Å². The Hall–Kier alpha value is -3.81. The molecule has 2 aromatic carbocycles. The van der Waals surface area contributed by atoms with Crippen molar-refractivity contribution in [3.05, 3.63) is 76.2 Å². The molecule has 0 fully saturated rings. The number of nitrogens with zero attached hydrogens (tertiary/aromatic N) is 5. The van der Waals surface area contributed by atoms with E-state index in [9.17, 15) is 9.59 Å². The van der Waals surface area contributed by atoms with E-state index in [1.807, 2.05) is 38.1 Å². The van der Waals surface area contributed by atoms with Crippen molar-refractivity contribution in [1.82, 2.24) is 24.6 Å². The second-order valence-electron chi connectivity index (χ2n) is 7.09. The lowest BCUT2D eigenvalue weighted by molar-refractivity contribution is 0.0734. The fourth-order valence-corrected chi connectivity index (χ4v) is 3.16. The highest BCUT2D eigenvalue weighted by Gasteiger charge is 2.19. The molecule has 152 valence electrons. The molecule has 0 spiro atoms. The van der Waals surface area contributed by atoms with Crippen molar-refractivity contribution in [2.45, 2.75) is 20.4 Å². The zero-order valence-electron chi connectivity index (χ0n) is 17.0. The number of hydrogen-bond acceptors (Lipinski definition) is 6. The third kappa shape index (κ3) is 3.71. The van der Waals surface area contributed by atoms with Crippen LogP contribution in [0.2, 0.25) is 0 Å². The summed E-state index contributed by atoms with van der Waals surface area (Å²) in [6.07, 6.45) is 1.45. The monoisotopic (exact) mass is 403 g/mol. The van der Waals surface area contributed by atoms with Crippen LogP contribution >= 0.6 is 0 Å². The fraction of sp³-hybridized carbons (Fsp3) is 0.227. The Morgan fingerprint density at radius 1 is 1.17 bits per heavy atom. The quantitative estimate of drug-likeness (QED) is 0.509. The smallest absolute Gasteiger partial charge is 0.260 e. The molecular formula is C22H21N5O3. The van der Waals surface area contributed by atoms with Gasteiger partial charge in [0.05, 0.1) is 17.2 Å². The SMILES string of the molecule is CCN(Cc1nc(-c2ccc(C)cc2)no1)C(=O)c1ccc2c(=O)n(C)cnc2c1. The highest BCUT2D eigenvalue weighted by Crippen LogP contribution is 2.18. The number of carbonyl (C=O) groups excluding carboxylic acids is 1. The van der Waals surface area contributed by atoms with Crippen LogP contribution in [0.1, 0.15) is 28.7 Å². The minimum absolute atomic E-state index is 0.152. The van der Waals surface area contributed by atoms with E-state index in [4.69, 9.17) is 4.52 Å². The van der Waals surface area contributed by atoms with Gasteiger partial charge >= 0.3 is 0 Å². The molecule has 0 saturated heterocycles. The molecule has 2 aromatic heterocycles. The van der Waals surface area contributed by atoms with Crippen LogP contribution in [0.3, 0.4) is 0 Å². The van der Waals surface area contributed by atoms with E-state index in [2.05, 4.69) is 15.1 Å². The third-order valence-corrected chi connectivity index (χ3v) is 4.94. The van der Waals surface area contributed by atoms with Gasteiger partial charge in [-0.25, -0.2) is 4.98 Å². The van der Waals surface area contributed by atoms with Crippen LogP contribution in [0, 0.1) is 6.92 Å². The Kier molecular flexibility index (Phi) is 5.14. The zero-order valence-corrected chi connectivity index (χ0v) is 17.0. The second-order valence-corrected chi connectivity index (χ2v) is 7.09. The van der Waals surface area contributed by atoms with Gasteiger partial charge in [0.2, 0.25) is 11.7 Å². The normalized spacial score (nSPS) is 11.0. The molecule has 2 heterocycles. The predicted molar refractivity (Wildman–Crippen MR) is 112 cm³/mol. The first kappa shape index (κ1) is 19.5. The first-order valence-electron chi connectivity index (χ1n) is 9.60. The summed E-state index contributed by atoms with van der Waals surface area (Å²) in [6, 6.07) is 12.7. The molecule has 0 aliphatic rings. The summed E-state index contributed by atoms with van der Waals surface area (Å²) in [5.41, 5.74) is 2.78. The Morgan fingerprint density at radius 3 is 2.67 bits per heavy atom. The number of fused-ring (bicyclic) bond motifs is 1. The van der Waals surface area contributed by atoms with Gasteiger partial charge in [-0.1, -0.05) is 35.0 Å². The highest BCUT2D eigenvalue weighted by molar-refractivity contribution is 5.97. The van der Waals surface area contributed by atoms with Crippen LogP contribution in [-0.2, 0) is 13.6 Å². The lowest BCUT2D eigenvalue weighted by Crippen LogP contribution is -2.30. The van der Waals surface area contributed by atoms with Crippen molar-refractivity contribution in [3.63, 3.8) is 0 Å². The zero-order chi connectivity index (χ0) is 21.3. The summed E-state index contributed by atoms with van der Waals surface area (Å²) in [7, 11) is 1.64. The summed E-state index contributed by atoms with van der Waals surface area (Å²) < 4.78 is 6.76. The van der Waals surface area contributed by atoms with Crippen LogP contribution in [0.15, 0.2) is 58.1 Å². The Balaban J connectivity index is 1.56. The standard InChI is InChI=1S/C22H21N5O3/c1-4-27(12-19-24-20(25-30-19)15-7-5-14(2)6-8-15)21(28)16-9-10-17-18(11-16)23-13-26(3)22(17)29/h5-11,13H,4,12H2,1-3H3. The van der Waals surface area contributed by atoms with Crippen molar-refractivity contribution >= 4 is 16.8 Å². The van der Waals surface area contributed by atoms with Gasteiger partial charge in [0.25, 0.3) is 11.5 Å². The maximum Gasteiger partial charge on any atom is 0.260 e. The molecule has 0 atom stereocenters. The molecule has 0 saturated carbocycles. The summed E-state index contributed by atoms with van der Waals surface area (Å²) in [4.78, 5) is 35.5. The van der Waals surface area contributed by atoms with Crippen molar-refractivity contribution in [2.24, 2.45) is 7.05 Å². The van der Waals surface area contributed by atoms with Crippen LogP contribution in [0.4, 0.5) is 0 Å². The predicted octanol–water partition coefficient (Wildman–Crippen LogP) is 2.95. The van der Waals surface area contributed by atoms with Gasteiger partial charge in [-0.3, -0.25) is 9.59 Å². The second kappa shape index (κ2) is 7.90. The fourth-order valence-electron chi connectivity index (χ4n) is 3.16. The molecule has 0 bridgehead atoms. The number of carbonyl (C=O) groups is 1. The molecule has 1 amide bonds. The number of aryl methyl sites for hydroxylation is 2. The molecule has 8 heteroatoms. The average Bonchev–Trinajstić information content (AvgIpc) is 3.23. The first-order chi connectivity index (χ1) is 14.5. The minimum Gasteiger partial charge on any atom is -0.337 e. The van der Waals surface area contributed by atoms with E-state index in [1.54, 1.807) is 30.1 Å². The van der Waals surface area contributed by atoms with Gasteiger partial charge in [0, 0.05) is 24.7 Å². The van der Waals surface area contributed by atoms with Crippen LogP contribution in [0.5, 0.6) is 0 Å². The third-order valence-electron chi connectivity index (χ3n) is 4.94. The Labute approximate surface area is 172 Å². The molecule has 0 unspecified atom stereocenters. The lowest BCUT2D eigenvalue weighted by Gasteiger charge is -2.19. The summed E-state index contributed by atoms with van der Waals surface area (Å²) >= 11 is 0. The summed E-state index contributed by atoms with van der Waals surface area (Å²) in [5.74, 6) is 0.643. The summed E-state index contributed by atoms with van der Waals surface area (Å²) in [5, 5.41) is 4.49. The molecule has 8 nitrogen and oxygen atoms in total. The Bertz CT molecular complexity index is 1270. The van der Waals surface area contributed by atoms with E-state index in [0.717, 1.165) is 11.1 Å². The summed E-state index contributed by atoms with van der Waals surface area (Å²) in [6.45, 7) is 4.54. The molecule has 0 N–H and O–H groups in total. The average molecular weight is 403 g/mol. The van der Waals surface area contributed by atoms with Crippen molar-refractivity contribution < 1.29 is 9.32 Å². The lowest BCUT2D eigenvalue weighted by atomic mass is 10.1. The van der Waals surface area contributed by atoms with Crippen molar-refractivity contribution in [3.8, 4) is 11.4 Å². The van der Waals surface area contributed by atoms with E-state index in [-0.39, 0.29) is 18.0 Å². The first-order valence-corrected chi connectivity index (χ1v) is 9.60. The van der Waals surface area contributed by atoms with Crippen LogP contribution < -0.4 is 5.56 Å². The molecule has 4 aromatic rings. The minimum atomic E-state index is -0.197. The maximum absolute atomic E-state index is 13.0. The van der Waals surface area contributed by atoms with Crippen molar-refractivity contribution in [2.75, 3.05) is 6.54 Å². The van der Waals surface area contributed by atoms with Gasteiger partial charge in [-0.05, 0) is 32.0 Å². The number of amides is 1. The van der Waals surface area contributed by atoms with E-state index < -0.39 is 0 Å². The van der Waals surface area contributed by atoms with Gasteiger partial charge in [-0.15, -0.1) is 0 Å². The molecular weight excluding hydrogens is 382 g/mol. The van der Waals surface area contributed by atoms with Gasteiger partial charge in [0.15, 0.2) is 0 Å². The topological polar surface area (TPSA) is 94.1 Å². The number of hydrogen-bond donors (Lipinski definition) is 0. The van der Waals surface area contributed by atoms with Crippen LogP contribution in [-0.4, -0.2) is 37.0 Å². The number of rotatable bonds is 5. The molecule has 30 heavy (non-hydrogen) atoms. The van der Waals surface area contributed by atoms with E-state index in [1.165, 1.54) is 10.9 Å². The highest BCUT2D eigenvalue weighted by atomic mass is 16.5. The van der Waals surface area contributed by atoms with Gasteiger partial charge < -0.3 is 14.0 Å². The van der Waals surface area contributed by atoms with Gasteiger partial charge in [-0.2, -0.15) is 4.98 Å². The molecule has 0 aliphatic carbocycles. The molecule has 4 rings (SSSR count).